The second-order valence-corrected chi connectivity index (χ2v) is 10.7. The van der Waals surface area contributed by atoms with Gasteiger partial charge in [0.15, 0.2) is 5.75 Å². The van der Waals surface area contributed by atoms with E-state index in [0.29, 0.717) is 10.3 Å². The number of carbonyl (C=O) groups is 3. The number of nitrogens with zero attached hydrogens (tertiary/aromatic N) is 4. The Morgan fingerprint density at radius 2 is 1.46 bits per heavy atom. The van der Waals surface area contributed by atoms with Crippen molar-refractivity contribution in [2.24, 2.45) is 0 Å². The molecule has 2 aromatic heterocycles. The summed E-state index contributed by atoms with van der Waals surface area (Å²) in [7, 11) is -2.95. The lowest BCUT2D eigenvalue weighted by molar-refractivity contribution is -0.604. The predicted octanol–water partition coefficient (Wildman–Crippen LogP) is 1.69. The highest BCUT2D eigenvalue weighted by molar-refractivity contribution is 7.90. The van der Waals surface area contributed by atoms with Crippen molar-refractivity contribution in [1.82, 2.24) is 13.8 Å². The van der Waals surface area contributed by atoms with E-state index in [1.165, 1.54) is 24.1 Å². The van der Waals surface area contributed by atoms with Gasteiger partial charge >= 0.3 is 0 Å². The summed E-state index contributed by atoms with van der Waals surface area (Å²) >= 11 is 0. The van der Waals surface area contributed by atoms with E-state index in [9.17, 15) is 28.0 Å². The molecule has 0 N–H and O–H groups in total. The molecule has 200 valence electrons. The first-order valence-corrected chi connectivity index (χ1v) is 13.5. The number of Topliss-reactive ketones (excluding diaryl/α,β-unsaturated/α-hetero) is 1. The summed E-state index contributed by atoms with van der Waals surface area (Å²) < 4.78 is 33.4. The number of fused-ring (bicyclic) bond motifs is 1. The molecule has 2 amide bonds. The van der Waals surface area contributed by atoms with Crippen LogP contribution in [0.4, 0.5) is 0 Å². The average molecular weight is 549 g/mol. The fraction of sp³-hybridized carbons (Fsp3) is 0.185. The van der Waals surface area contributed by atoms with Crippen molar-refractivity contribution in [1.29, 1.82) is 0 Å². The lowest BCUT2D eigenvalue weighted by Crippen LogP contribution is -2.52. The smallest absolute Gasteiger partial charge is 0.295 e. The first-order valence-electron chi connectivity index (χ1n) is 12.0. The largest absolute Gasteiger partial charge is 0.619 e. The van der Waals surface area contributed by atoms with Crippen molar-refractivity contribution >= 4 is 38.5 Å². The molecule has 39 heavy (non-hydrogen) atoms. The molecule has 1 fully saturated rings. The van der Waals surface area contributed by atoms with Crippen LogP contribution in [0.15, 0.2) is 84.1 Å². The van der Waals surface area contributed by atoms with Gasteiger partial charge in [-0.2, -0.15) is 4.73 Å². The number of hydrogen-bond acceptors (Lipinski definition) is 7. The number of pyridine rings is 1. The molecule has 3 heterocycles. The normalized spacial score (nSPS) is 13.9. The van der Waals surface area contributed by atoms with Crippen LogP contribution in [0.1, 0.15) is 20.7 Å². The first kappa shape index (κ1) is 25.9. The van der Waals surface area contributed by atoms with Gasteiger partial charge in [-0.3, -0.25) is 14.4 Å². The summed E-state index contributed by atoms with van der Waals surface area (Å²) in [6, 6.07) is 16.3. The lowest BCUT2D eigenvalue weighted by atomic mass is 10.1. The van der Waals surface area contributed by atoms with E-state index in [-0.39, 0.29) is 59.2 Å². The van der Waals surface area contributed by atoms with E-state index in [4.69, 9.17) is 4.74 Å². The Kier molecular flexibility index (Phi) is 6.79. The van der Waals surface area contributed by atoms with Crippen LogP contribution in [0.3, 0.4) is 0 Å². The molecule has 0 atom stereocenters. The molecule has 0 aliphatic carbocycles. The molecular weight excluding hydrogens is 524 g/mol. The van der Waals surface area contributed by atoms with E-state index < -0.39 is 21.7 Å². The van der Waals surface area contributed by atoms with Crippen molar-refractivity contribution < 1.29 is 32.3 Å². The Morgan fingerprint density at radius 3 is 2.08 bits per heavy atom. The zero-order chi connectivity index (χ0) is 27.7. The van der Waals surface area contributed by atoms with Gasteiger partial charge < -0.3 is 19.7 Å². The molecule has 0 unspecified atom stereocenters. The quantitative estimate of drug-likeness (QED) is 0.155. The fourth-order valence-electron chi connectivity index (χ4n) is 4.58. The Morgan fingerprint density at radius 1 is 0.872 bits per heavy atom. The van der Waals surface area contributed by atoms with Crippen molar-refractivity contribution in [3.8, 4) is 5.75 Å². The summed E-state index contributed by atoms with van der Waals surface area (Å²) in [6.07, 6.45) is 3.11. The minimum atomic E-state index is -4.23. The summed E-state index contributed by atoms with van der Waals surface area (Å²) in [4.78, 5) is 42.4. The molecule has 2 aromatic carbocycles. The number of ketones is 1. The van der Waals surface area contributed by atoms with E-state index in [1.54, 1.807) is 47.4 Å². The average Bonchev–Trinajstić information content (AvgIpc) is 3.36. The van der Waals surface area contributed by atoms with Crippen molar-refractivity contribution in [3.63, 3.8) is 0 Å². The number of piperazine rings is 1. The highest BCUT2D eigenvalue weighted by Crippen LogP contribution is 2.32. The molecular formula is C27H24N4O7S. The highest BCUT2D eigenvalue weighted by Gasteiger charge is 2.34. The lowest BCUT2D eigenvalue weighted by Gasteiger charge is -2.34. The maximum absolute atomic E-state index is 13.5. The third kappa shape index (κ3) is 4.70. The third-order valence-corrected chi connectivity index (χ3v) is 8.27. The van der Waals surface area contributed by atoms with Gasteiger partial charge in [0.2, 0.25) is 12.4 Å². The molecule has 0 radical (unpaired) electrons. The van der Waals surface area contributed by atoms with Gasteiger partial charge in [-0.25, -0.2) is 12.4 Å². The van der Waals surface area contributed by atoms with Gasteiger partial charge in [0.05, 0.1) is 23.0 Å². The zero-order valence-corrected chi connectivity index (χ0v) is 21.7. The molecule has 0 spiro atoms. The number of carbonyl (C=O) groups excluding carboxylic acids is 3. The van der Waals surface area contributed by atoms with Gasteiger partial charge in [0.25, 0.3) is 27.6 Å². The van der Waals surface area contributed by atoms with E-state index >= 15 is 0 Å². The number of hydrogen-bond donors (Lipinski definition) is 0. The number of benzene rings is 2. The summed E-state index contributed by atoms with van der Waals surface area (Å²) in [5, 5.41) is 12.3. The van der Waals surface area contributed by atoms with Crippen molar-refractivity contribution in [2.75, 3.05) is 33.3 Å². The fourth-order valence-corrected chi connectivity index (χ4v) is 5.95. The van der Waals surface area contributed by atoms with Crippen LogP contribution in [-0.4, -0.2) is 73.1 Å². The highest BCUT2D eigenvalue weighted by atomic mass is 32.2. The van der Waals surface area contributed by atoms with E-state index in [1.807, 2.05) is 6.07 Å². The van der Waals surface area contributed by atoms with Gasteiger partial charge in [0, 0.05) is 37.9 Å². The Bertz CT molecular complexity index is 1680. The number of methoxy groups -OCH3 is 1. The van der Waals surface area contributed by atoms with Crippen LogP contribution in [0.5, 0.6) is 5.75 Å². The maximum Gasteiger partial charge on any atom is 0.295 e. The molecule has 0 bridgehead atoms. The number of ether oxygens (including phenoxy) is 1. The maximum atomic E-state index is 13.5. The zero-order valence-electron chi connectivity index (χ0n) is 20.9. The van der Waals surface area contributed by atoms with Crippen LogP contribution in [0.25, 0.3) is 10.9 Å². The van der Waals surface area contributed by atoms with Crippen molar-refractivity contribution in [2.45, 2.75) is 4.90 Å². The first-order chi connectivity index (χ1) is 18.7. The third-order valence-electron chi connectivity index (χ3n) is 6.58. The van der Waals surface area contributed by atoms with Crippen LogP contribution < -0.4 is 9.47 Å². The molecule has 12 heteroatoms. The summed E-state index contributed by atoms with van der Waals surface area (Å²) in [5.74, 6) is -2.02. The summed E-state index contributed by atoms with van der Waals surface area (Å²) in [6.45, 7) is 0.719. The Balaban J connectivity index is 1.47. The molecule has 1 aliphatic heterocycles. The molecule has 11 nitrogen and oxygen atoms in total. The van der Waals surface area contributed by atoms with Gasteiger partial charge in [-0.1, -0.05) is 36.4 Å². The molecule has 1 saturated heterocycles. The van der Waals surface area contributed by atoms with Crippen LogP contribution in [0.2, 0.25) is 0 Å². The second-order valence-electron chi connectivity index (χ2n) is 8.88. The SMILES string of the molecule is COc1c[n+]([O-])cc2c1c(C(=O)C(=O)N1CCN(C(=O)c3ccccc3)CC1)cn2S(=O)(=O)c1ccccc1. The van der Waals surface area contributed by atoms with Crippen LogP contribution >= 0.6 is 0 Å². The standard InChI is InChI=1S/C27H24N4O7S/c1-38-23-18-30(35)17-22-24(23)21(16-31(22)39(36,37)20-10-6-3-7-11-20)25(32)27(34)29-14-12-28(13-15-29)26(33)19-8-4-2-5-9-19/h2-11,16-18H,12-15H2,1H3. The van der Waals surface area contributed by atoms with Gasteiger partial charge in [-0.15, -0.1) is 0 Å². The molecule has 1 aliphatic rings. The Labute approximate surface area is 224 Å². The van der Waals surface area contributed by atoms with Crippen LogP contribution in [-0.2, 0) is 14.8 Å². The number of aromatic nitrogens is 2. The van der Waals surface area contributed by atoms with Gasteiger partial charge in [-0.05, 0) is 24.3 Å². The van der Waals surface area contributed by atoms with E-state index in [0.717, 1.165) is 22.6 Å². The summed E-state index contributed by atoms with van der Waals surface area (Å²) in [5.41, 5.74) is 0.209. The number of rotatable bonds is 6. The molecule has 0 saturated carbocycles. The number of amides is 2. The van der Waals surface area contributed by atoms with Crippen molar-refractivity contribution in [3.05, 3.63) is 95.6 Å². The van der Waals surface area contributed by atoms with Crippen LogP contribution in [0, 0.1) is 5.21 Å². The topological polar surface area (TPSA) is 133 Å². The monoisotopic (exact) mass is 548 g/mol. The minimum Gasteiger partial charge on any atom is -0.619 e. The second kappa shape index (κ2) is 10.2. The van der Waals surface area contributed by atoms with E-state index in [2.05, 4.69) is 0 Å². The molecule has 5 rings (SSSR count). The van der Waals surface area contributed by atoms with Gasteiger partial charge in [0.1, 0.15) is 5.52 Å². The minimum absolute atomic E-state index is 0.0281. The molecule has 4 aromatic rings. The predicted molar refractivity (Wildman–Crippen MR) is 140 cm³/mol. The Hall–Kier alpha value is -4.71.